The van der Waals surface area contributed by atoms with Crippen molar-refractivity contribution >= 4 is 23.2 Å². The Balaban J connectivity index is 1.49. The molecule has 0 aliphatic rings. The Hall–Kier alpha value is -3.06. The van der Waals surface area contributed by atoms with Crippen LogP contribution in [0.3, 0.4) is 0 Å². The molecule has 0 fully saturated rings. The number of carbonyl (C=O) groups excluding carboxylic acids is 2. The maximum absolute atomic E-state index is 12.4. The number of benzene rings is 1. The van der Waals surface area contributed by atoms with Crippen molar-refractivity contribution in [2.24, 2.45) is 0 Å². The zero-order chi connectivity index (χ0) is 19.8. The normalized spacial score (nSPS) is 10.5. The van der Waals surface area contributed by atoms with Crippen LogP contribution in [-0.2, 0) is 22.6 Å². The third-order valence-electron chi connectivity index (χ3n) is 4.19. The molecule has 0 spiro atoms. The Morgan fingerprint density at radius 2 is 1.96 bits per heavy atom. The van der Waals surface area contributed by atoms with Crippen LogP contribution in [0.2, 0.25) is 0 Å². The molecular weight excluding hydrogens is 372 g/mol. The van der Waals surface area contributed by atoms with Gasteiger partial charge >= 0.3 is 0 Å². The summed E-state index contributed by atoms with van der Waals surface area (Å²) in [6, 6.07) is 13.6. The summed E-state index contributed by atoms with van der Waals surface area (Å²) in [5.74, 6) is -0.318. The molecule has 3 aromatic rings. The van der Waals surface area contributed by atoms with Gasteiger partial charge in [-0.1, -0.05) is 30.3 Å². The van der Waals surface area contributed by atoms with Crippen LogP contribution in [0.15, 0.2) is 60.2 Å². The number of pyridine rings is 1. The molecule has 0 saturated heterocycles. The largest absolute Gasteiger partial charge is 0.347 e. The average Bonchev–Trinajstić information content (AvgIpc) is 3.20. The van der Waals surface area contributed by atoms with Gasteiger partial charge in [0, 0.05) is 36.4 Å². The van der Waals surface area contributed by atoms with Gasteiger partial charge in [-0.2, -0.15) is 0 Å². The standard InChI is InChI=1S/C21H22N4O2S/c1-2-25(14-16-7-4-3-5-8-16)20(27)13-23-19(26)11-18-15-28-21(24-18)17-9-6-10-22-12-17/h3-10,12,15H,2,11,13-14H2,1H3,(H,23,26). The van der Waals surface area contributed by atoms with Crippen molar-refractivity contribution in [3.05, 3.63) is 71.5 Å². The second kappa shape index (κ2) is 9.75. The van der Waals surface area contributed by atoms with Crippen LogP contribution >= 0.6 is 11.3 Å². The van der Waals surface area contributed by atoms with Gasteiger partial charge in [-0.15, -0.1) is 11.3 Å². The van der Waals surface area contributed by atoms with Crippen LogP contribution in [0.4, 0.5) is 0 Å². The van der Waals surface area contributed by atoms with E-state index in [1.165, 1.54) is 11.3 Å². The predicted octanol–water partition coefficient (Wildman–Crippen LogP) is 2.91. The third kappa shape index (κ3) is 5.47. The van der Waals surface area contributed by atoms with Gasteiger partial charge in [0.05, 0.1) is 18.7 Å². The summed E-state index contributed by atoms with van der Waals surface area (Å²) in [7, 11) is 0. The summed E-state index contributed by atoms with van der Waals surface area (Å²) in [6.07, 6.45) is 3.60. The molecule has 1 N–H and O–H groups in total. The maximum atomic E-state index is 12.4. The molecule has 7 heteroatoms. The number of carbonyl (C=O) groups is 2. The fourth-order valence-electron chi connectivity index (χ4n) is 2.70. The maximum Gasteiger partial charge on any atom is 0.242 e. The first-order valence-electron chi connectivity index (χ1n) is 9.09. The molecule has 2 aromatic heterocycles. The number of thiazole rings is 1. The van der Waals surface area contributed by atoms with Crippen molar-refractivity contribution in [2.45, 2.75) is 19.9 Å². The molecule has 6 nitrogen and oxygen atoms in total. The monoisotopic (exact) mass is 394 g/mol. The molecule has 28 heavy (non-hydrogen) atoms. The van der Waals surface area contributed by atoms with Gasteiger partial charge in [0.15, 0.2) is 0 Å². The third-order valence-corrected chi connectivity index (χ3v) is 5.13. The van der Waals surface area contributed by atoms with Gasteiger partial charge in [-0.25, -0.2) is 4.98 Å². The minimum Gasteiger partial charge on any atom is -0.347 e. The highest BCUT2D eigenvalue weighted by Crippen LogP contribution is 2.22. The lowest BCUT2D eigenvalue weighted by Gasteiger charge is -2.21. The van der Waals surface area contributed by atoms with Crippen molar-refractivity contribution in [3.8, 4) is 10.6 Å². The summed E-state index contributed by atoms with van der Waals surface area (Å²) in [5, 5.41) is 5.39. The van der Waals surface area contributed by atoms with Crippen LogP contribution in [0.5, 0.6) is 0 Å². The second-order valence-electron chi connectivity index (χ2n) is 6.23. The number of hydrogen-bond donors (Lipinski definition) is 1. The van der Waals surface area contributed by atoms with Crippen molar-refractivity contribution < 1.29 is 9.59 Å². The van der Waals surface area contributed by atoms with Crippen LogP contribution in [0.1, 0.15) is 18.2 Å². The van der Waals surface area contributed by atoms with Crippen LogP contribution in [0, 0.1) is 0 Å². The highest BCUT2D eigenvalue weighted by molar-refractivity contribution is 7.13. The number of likely N-dealkylation sites (N-methyl/N-ethyl adjacent to an activating group) is 1. The van der Waals surface area contributed by atoms with Gasteiger partial charge in [-0.3, -0.25) is 14.6 Å². The average molecular weight is 394 g/mol. The van der Waals surface area contributed by atoms with E-state index in [1.54, 1.807) is 17.3 Å². The van der Waals surface area contributed by atoms with Gasteiger partial charge < -0.3 is 10.2 Å². The lowest BCUT2D eigenvalue weighted by atomic mass is 10.2. The van der Waals surface area contributed by atoms with Gasteiger partial charge in [0.1, 0.15) is 5.01 Å². The molecule has 0 aliphatic heterocycles. The molecule has 3 rings (SSSR count). The van der Waals surface area contributed by atoms with E-state index >= 15 is 0 Å². The van der Waals surface area contributed by atoms with Crippen molar-refractivity contribution in [3.63, 3.8) is 0 Å². The van der Waals surface area contributed by atoms with Crippen LogP contribution in [-0.4, -0.2) is 39.8 Å². The summed E-state index contributed by atoms with van der Waals surface area (Å²) < 4.78 is 0. The molecule has 2 heterocycles. The minimum atomic E-state index is -0.216. The number of hydrogen-bond acceptors (Lipinski definition) is 5. The minimum absolute atomic E-state index is 0.0148. The molecule has 0 saturated carbocycles. The fraction of sp³-hybridized carbons (Fsp3) is 0.238. The van der Waals surface area contributed by atoms with Crippen molar-refractivity contribution in [1.82, 2.24) is 20.2 Å². The molecule has 0 bridgehead atoms. The Bertz CT molecular complexity index is 912. The van der Waals surface area contributed by atoms with Crippen molar-refractivity contribution in [1.29, 1.82) is 0 Å². The van der Waals surface area contributed by atoms with Crippen molar-refractivity contribution in [2.75, 3.05) is 13.1 Å². The first kappa shape index (κ1) is 19.7. The van der Waals surface area contributed by atoms with E-state index in [2.05, 4.69) is 15.3 Å². The number of amides is 2. The van der Waals surface area contributed by atoms with Gasteiger partial charge in [-0.05, 0) is 24.6 Å². The molecule has 0 atom stereocenters. The first-order chi connectivity index (χ1) is 13.7. The summed E-state index contributed by atoms with van der Waals surface area (Å²) in [4.78, 5) is 34.9. The zero-order valence-corrected chi connectivity index (χ0v) is 16.5. The van der Waals surface area contributed by atoms with Gasteiger partial charge in [0.2, 0.25) is 11.8 Å². The molecule has 2 amide bonds. The summed E-state index contributed by atoms with van der Waals surface area (Å²) >= 11 is 1.47. The Kier molecular flexibility index (Phi) is 6.86. The Morgan fingerprint density at radius 3 is 2.68 bits per heavy atom. The van der Waals surface area contributed by atoms with E-state index in [1.807, 2.05) is 54.8 Å². The van der Waals surface area contributed by atoms with E-state index < -0.39 is 0 Å². The number of nitrogens with zero attached hydrogens (tertiary/aromatic N) is 3. The fourth-order valence-corrected chi connectivity index (χ4v) is 3.51. The smallest absolute Gasteiger partial charge is 0.242 e. The second-order valence-corrected chi connectivity index (χ2v) is 7.09. The van der Waals surface area contributed by atoms with Crippen LogP contribution < -0.4 is 5.32 Å². The number of aromatic nitrogens is 2. The first-order valence-corrected chi connectivity index (χ1v) is 9.97. The Labute approximate surface area is 168 Å². The van der Waals surface area contributed by atoms with E-state index in [0.29, 0.717) is 18.8 Å². The molecule has 0 radical (unpaired) electrons. The lowest BCUT2D eigenvalue weighted by Crippen LogP contribution is -2.40. The summed E-state index contributed by atoms with van der Waals surface area (Å²) in [6.45, 7) is 3.04. The number of rotatable bonds is 8. The molecule has 1 aromatic carbocycles. The zero-order valence-electron chi connectivity index (χ0n) is 15.7. The molecule has 0 unspecified atom stereocenters. The summed E-state index contributed by atoms with van der Waals surface area (Å²) in [5.41, 5.74) is 2.67. The predicted molar refractivity (Wildman–Crippen MR) is 110 cm³/mol. The molecule has 144 valence electrons. The SMILES string of the molecule is CCN(Cc1ccccc1)C(=O)CNC(=O)Cc1csc(-c2cccnc2)n1. The van der Waals surface area contributed by atoms with E-state index in [4.69, 9.17) is 0 Å². The molecule has 0 aliphatic carbocycles. The van der Waals surface area contributed by atoms with Gasteiger partial charge in [0.25, 0.3) is 0 Å². The van der Waals surface area contributed by atoms with E-state index in [-0.39, 0.29) is 24.8 Å². The number of nitrogens with one attached hydrogen (secondary N) is 1. The lowest BCUT2D eigenvalue weighted by molar-refractivity contribution is -0.133. The van der Waals surface area contributed by atoms with E-state index in [9.17, 15) is 9.59 Å². The van der Waals surface area contributed by atoms with Crippen LogP contribution in [0.25, 0.3) is 10.6 Å². The quantitative estimate of drug-likeness (QED) is 0.637. The Morgan fingerprint density at radius 1 is 1.14 bits per heavy atom. The topological polar surface area (TPSA) is 75.2 Å². The highest BCUT2D eigenvalue weighted by atomic mass is 32.1. The molecular formula is C21H22N4O2S. The van der Waals surface area contributed by atoms with E-state index in [0.717, 1.165) is 16.1 Å². The highest BCUT2D eigenvalue weighted by Gasteiger charge is 2.14.